The van der Waals surface area contributed by atoms with Gasteiger partial charge in [-0.15, -0.1) is 0 Å². The van der Waals surface area contributed by atoms with E-state index in [0.29, 0.717) is 0 Å². The molecule has 1 aromatic rings. The molecule has 2 nitrogen and oxygen atoms in total. The van der Waals surface area contributed by atoms with E-state index in [0.717, 1.165) is 25.0 Å². The molecule has 3 rings (SSSR count). The molecule has 0 radical (unpaired) electrons. The maximum atomic E-state index is 10.0. The molecule has 0 bridgehead atoms. The van der Waals surface area contributed by atoms with Crippen molar-refractivity contribution in [3.05, 3.63) is 29.8 Å². The Hall–Kier alpha value is -1.02. The average molecular weight is 232 g/mol. The number of aliphatic hydroxyl groups excluding tert-OH is 1. The molecule has 0 aromatic heterocycles. The van der Waals surface area contributed by atoms with Crippen molar-refractivity contribution in [3.63, 3.8) is 0 Å². The smallest absolute Gasteiger partial charge is 0.120 e. The third-order valence-electron chi connectivity index (χ3n) is 4.54. The third-order valence-corrected chi connectivity index (χ3v) is 4.54. The highest BCUT2D eigenvalue weighted by atomic mass is 16.5. The van der Waals surface area contributed by atoms with Crippen molar-refractivity contribution in [2.45, 2.75) is 51.2 Å². The zero-order valence-corrected chi connectivity index (χ0v) is 10.4. The summed E-state index contributed by atoms with van der Waals surface area (Å²) in [4.78, 5) is 0. The van der Waals surface area contributed by atoms with Gasteiger partial charge >= 0.3 is 0 Å². The molecule has 17 heavy (non-hydrogen) atoms. The molecule has 2 aliphatic carbocycles. The molecular weight excluding hydrogens is 212 g/mol. The lowest BCUT2D eigenvalue weighted by atomic mass is 9.62. The van der Waals surface area contributed by atoms with E-state index in [9.17, 15) is 5.11 Å². The molecule has 0 amide bonds. The zero-order chi connectivity index (χ0) is 11.9. The van der Waals surface area contributed by atoms with Gasteiger partial charge in [0.15, 0.2) is 0 Å². The lowest BCUT2D eigenvalue weighted by molar-refractivity contribution is -0.151. The molecule has 2 unspecified atom stereocenters. The molecular formula is C15H20O2. The van der Waals surface area contributed by atoms with Crippen LogP contribution in [0.1, 0.15) is 37.7 Å². The molecule has 0 saturated heterocycles. The van der Waals surface area contributed by atoms with Crippen molar-refractivity contribution in [1.82, 2.24) is 0 Å². The van der Waals surface area contributed by atoms with Crippen LogP contribution in [-0.2, 0) is 0 Å². The maximum Gasteiger partial charge on any atom is 0.120 e. The quantitative estimate of drug-likeness (QED) is 0.849. The minimum Gasteiger partial charge on any atom is -0.490 e. The molecule has 1 N–H and O–H groups in total. The topological polar surface area (TPSA) is 29.5 Å². The first kappa shape index (κ1) is 11.1. The number of hydrogen-bond acceptors (Lipinski definition) is 2. The van der Waals surface area contributed by atoms with Gasteiger partial charge in [0.25, 0.3) is 0 Å². The maximum absolute atomic E-state index is 10.0. The van der Waals surface area contributed by atoms with Gasteiger partial charge in [0.1, 0.15) is 11.9 Å². The largest absolute Gasteiger partial charge is 0.490 e. The second kappa shape index (κ2) is 4.02. The van der Waals surface area contributed by atoms with Crippen molar-refractivity contribution in [2.24, 2.45) is 5.41 Å². The molecule has 2 aliphatic rings. The lowest BCUT2D eigenvalue weighted by Gasteiger charge is -2.51. The van der Waals surface area contributed by atoms with Crippen LogP contribution in [0.15, 0.2) is 24.3 Å². The Bertz CT molecular complexity index is 407. The SMILES string of the molecule is Cc1cccc(OC2CC(O)C23CCCC3)c1. The van der Waals surface area contributed by atoms with Crippen molar-refractivity contribution in [1.29, 1.82) is 0 Å². The minimum atomic E-state index is -0.139. The summed E-state index contributed by atoms with van der Waals surface area (Å²) in [6.45, 7) is 2.08. The van der Waals surface area contributed by atoms with Crippen LogP contribution in [0.3, 0.4) is 0 Å². The zero-order valence-electron chi connectivity index (χ0n) is 10.4. The molecule has 1 spiro atoms. The molecule has 92 valence electrons. The fourth-order valence-electron chi connectivity index (χ4n) is 3.43. The van der Waals surface area contributed by atoms with Crippen LogP contribution in [0.5, 0.6) is 5.75 Å². The minimum absolute atomic E-state index is 0.0732. The number of benzene rings is 1. The Labute approximate surface area is 103 Å². The predicted molar refractivity (Wildman–Crippen MR) is 67.1 cm³/mol. The Balaban J connectivity index is 1.74. The van der Waals surface area contributed by atoms with Gasteiger partial charge in [0.05, 0.1) is 6.10 Å². The summed E-state index contributed by atoms with van der Waals surface area (Å²) in [5.74, 6) is 0.952. The molecule has 0 heterocycles. The van der Waals surface area contributed by atoms with E-state index in [1.807, 2.05) is 12.1 Å². The van der Waals surface area contributed by atoms with Crippen LogP contribution in [0, 0.1) is 12.3 Å². The van der Waals surface area contributed by atoms with Crippen molar-refractivity contribution in [3.8, 4) is 5.75 Å². The van der Waals surface area contributed by atoms with Crippen LogP contribution < -0.4 is 4.74 Å². The first-order valence-electron chi connectivity index (χ1n) is 6.62. The standard InChI is InChI=1S/C15H20O2/c1-11-5-4-6-12(9-11)17-14-10-13(16)15(14)7-2-3-8-15/h4-6,9,13-14,16H,2-3,7-8,10H2,1H3. The first-order chi connectivity index (χ1) is 8.21. The van der Waals surface area contributed by atoms with Crippen LogP contribution in [-0.4, -0.2) is 17.3 Å². The van der Waals surface area contributed by atoms with E-state index in [1.54, 1.807) is 0 Å². The second-order valence-corrected chi connectivity index (χ2v) is 5.61. The van der Waals surface area contributed by atoms with Crippen LogP contribution in [0.2, 0.25) is 0 Å². The summed E-state index contributed by atoms with van der Waals surface area (Å²) in [5.41, 5.74) is 1.30. The summed E-state index contributed by atoms with van der Waals surface area (Å²) < 4.78 is 6.08. The number of aryl methyl sites for hydroxylation is 1. The van der Waals surface area contributed by atoms with Gasteiger partial charge in [-0.25, -0.2) is 0 Å². The number of ether oxygens (including phenoxy) is 1. The molecule has 2 heteroatoms. The monoisotopic (exact) mass is 232 g/mol. The van der Waals surface area contributed by atoms with Crippen LogP contribution >= 0.6 is 0 Å². The van der Waals surface area contributed by atoms with Gasteiger partial charge in [-0.2, -0.15) is 0 Å². The summed E-state index contributed by atoms with van der Waals surface area (Å²) in [6.07, 6.45) is 5.63. The van der Waals surface area contributed by atoms with Crippen molar-refractivity contribution < 1.29 is 9.84 Å². The predicted octanol–water partition coefficient (Wildman–Crippen LogP) is 3.07. The van der Waals surface area contributed by atoms with E-state index in [2.05, 4.69) is 19.1 Å². The van der Waals surface area contributed by atoms with E-state index in [1.165, 1.54) is 18.4 Å². The summed E-state index contributed by atoms with van der Waals surface area (Å²) in [5, 5.41) is 10.0. The average Bonchev–Trinajstić information content (AvgIpc) is 2.80. The molecule has 1 aromatic carbocycles. The Morgan fingerprint density at radius 1 is 1.29 bits per heavy atom. The van der Waals surface area contributed by atoms with E-state index < -0.39 is 0 Å². The summed E-state index contributed by atoms with van der Waals surface area (Å²) >= 11 is 0. The first-order valence-corrected chi connectivity index (χ1v) is 6.62. The van der Waals surface area contributed by atoms with Gasteiger partial charge in [0.2, 0.25) is 0 Å². The van der Waals surface area contributed by atoms with Crippen molar-refractivity contribution >= 4 is 0 Å². The molecule has 2 atom stereocenters. The number of hydrogen-bond donors (Lipinski definition) is 1. The van der Waals surface area contributed by atoms with E-state index in [-0.39, 0.29) is 17.6 Å². The van der Waals surface area contributed by atoms with Crippen molar-refractivity contribution in [2.75, 3.05) is 0 Å². The molecule has 2 fully saturated rings. The second-order valence-electron chi connectivity index (χ2n) is 5.61. The summed E-state index contributed by atoms with van der Waals surface area (Å²) in [6, 6.07) is 8.20. The van der Waals surface area contributed by atoms with E-state index >= 15 is 0 Å². The number of rotatable bonds is 2. The highest BCUT2D eigenvalue weighted by Gasteiger charge is 2.57. The fraction of sp³-hybridized carbons (Fsp3) is 0.600. The highest BCUT2D eigenvalue weighted by molar-refractivity contribution is 5.28. The summed E-state index contributed by atoms with van der Waals surface area (Å²) in [7, 11) is 0. The number of aliphatic hydroxyl groups is 1. The highest BCUT2D eigenvalue weighted by Crippen LogP contribution is 2.54. The van der Waals surface area contributed by atoms with Gasteiger partial charge < -0.3 is 9.84 Å². The van der Waals surface area contributed by atoms with E-state index in [4.69, 9.17) is 4.74 Å². The molecule has 2 saturated carbocycles. The van der Waals surface area contributed by atoms with Gasteiger partial charge in [0, 0.05) is 11.8 Å². The van der Waals surface area contributed by atoms with Gasteiger partial charge in [-0.1, -0.05) is 25.0 Å². The van der Waals surface area contributed by atoms with Gasteiger partial charge in [-0.05, 0) is 37.5 Å². The lowest BCUT2D eigenvalue weighted by Crippen LogP contribution is -2.58. The Morgan fingerprint density at radius 2 is 2.06 bits per heavy atom. The van der Waals surface area contributed by atoms with Crippen LogP contribution in [0.4, 0.5) is 0 Å². The van der Waals surface area contributed by atoms with Crippen LogP contribution in [0.25, 0.3) is 0 Å². The Kier molecular flexibility index (Phi) is 2.62. The normalized spacial score (nSPS) is 30.2. The van der Waals surface area contributed by atoms with Gasteiger partial charge in [-0.3, -0.25) is 0 Å². The Morgan fingerprint density at radius 3 is 2.71 bits per heavy atom. The molecule has 0 aliphatic heterocycles. The fourth-order valence-corrected chi connectivity index (χ4v) is 3.43. The third kappa shape index (κ3) is 1.75.